The standard InChI is InChI=1S/C18H25ClO3/c1-12-15(14(17(2,3)19)10-18(12,4)21)16(20)22-11-13-8-6-5-7-9-13/h5-9,12,14-15,21H,10-11H2,1-4H3/t12-,14-,15-,18+/m1/s1. The maximum absolute atomic E-state index is 12.6. The van der Waals surface area contributed by atoms with Crippen molar-refractivity contribution in [3.8, 4) is 0 Å². The molecule has 1 N–H and O–H groups in total. The number of carbonyl (C=O) groups is 1. The third kappa shape index (κ3) is 3.64. The molecule has 0 radical (unpaired) electrons. The maximum atomic E-state index is 12.6. The van der Waals surface area contributed by atoms with Crippen LogP contribution in [0.5, 0.6) is 0 Å². The van der Waals surface area contributed by atoms with E-state index in [1.807, 2.05) is 51.1 Å². The second kappa shape index (κ2) is 6.21. The number of hydrogen-bond acceptors (Lipinski definition) is 3. The van der Waals surface area contributed by atoms with Gasteiger partial charge in [0.15, 0.2) is 0 Å². The van der Waals surface area contributed by atoms with Crippen molar-refractivity contribution in [3.63, 3.8) is 0 Å². The van der Waals surface area contributed by atoms with Gasteiger partial charge < -0.3 is 9.84 Å². The average molecular weight is 325 g/mol. The molecule has 1 aliphatic carbocycles. The third-order valence-electron chi connectivity index (χ3n) is 4.96. The van der Waals surface area contributed by atoms with Crippen LogP contribution >= 0.6 is 11.6 Å². The summed E-state index contributed by atoms with van der Waals surface area (Å²) in [7, 11) is 0. The highest BCUT2D eigenvalue weighted by Gasteiger charge is 2.55. The van der Waals surface area contributed by atoms with Crippen molar-refractivity contribution in [1.29, 1.82) is 0 Å². The smallest absolute Gasteiger partial charge is 0.309 e. The lowest BCUT2D eigenvalue weighted by molar-refractivity contribution is -0.154. The van der Waals surface area contributed by atoms with E-state index in [-0.39, 0.29) is 30.3 Å². The van der Waals surface area contributed by atoms with Crippen molar-refractivity contribution in [2.75, 3.05) is 0 Å². The minimum Gasteiger partial charge on any atom is -0.461 e. The van der Waals surface area contributed by atoms with Gasteiger partial charge in [0, 0.05) is 4.87 Å². The quantitative estimate of drug-likeness (QED) is 0.677. The van der Waals surface area contributed by atoms with E-state index in [0.29, 0.717) is 6.42 Å². The van der Waals surface area contributed by atoms with Crippen LogP contribution in [0.25, 0.3) is 0 Å². The van der Waals surface area contributed by atoms with Crippen LogP contribution in [0.2, 0.25) is 0 Å². The number of esters is 1. The molecule has 122 valence electrons. The third-order valence-corrected chi connectivity index (χ3v) is 5.24. The Morgan fingerprint density at radius 3 is 2.55 bits per heavy atom. The summed E-state index contributed by atoms with van der Waals surface area (Å²) in [6.45, 7) is 7.71. The molecule has 0 unspecified atom stereocenters. The molecule has 0 heterocycles. The summed E-state index contributed by atoms with van der Waals surface area (Å²) in [5.41, 5.74) is 0.0581. The van der Waals surface area contributed by atoms with Gasteiger partial charge in [0.1, 0.15) is 6.61 Å². The molecule has 1 aliphatic rings. The number of carbonyl (C=O) groups excluding carboxylic acids is 1. The van der Waals surface area contributed by atoms with Crippen LogP contribution in [0.1, 0.15) is 39.7 Å². The molecule has 1 saturated carbocycles. The lowest BCUT2D eigenvalue weighted by atomic mass is 9.82. The predicted molar refractivity (Wildman–Crippen MR) is 87.6 cm³/mol. The highest BCUT2D eigenvalue weighted by Crippen LogP contribution is 2.50. The first kappa shape index (κ1) is 17.3. The van der Waals surface area contributed by atoms with Crippen molar-refractivity contribution < 1.29 is 14.6 Å². The lowest BCUT2D eigenvalue weighted by Crippen LogP contribution is -2.36. The Kier molecular flexibility index (Phi) is 4.88. The molecule has 22 heavy (non-hydrogen) atoms. The molecular weight excluding hydrogens is 300 g/mol. The Hall–Kier alpha value is -1.06. The monoisotopic (exact) mass is 324 g/mol. The Morgan fingerprint density at radius 1 is 1.41 bits per heavy atom. The van der Waals surface area contributed by atoms with E-state index in [9.17, 15) is 9.90 Å². The fourth-order valence-corrected chi connectivity index (χ4v) is 3.57. The fourth-order valence-electron chi connectivity index (χ4n) is 3.36. The topological polar surface area (TPSA) is 46.5 Å². The van der Waals surface area contributed by atoms with Gasteiger partial charge in [0.05, 0.1) is 11.5 Å². The van der Waals surface area contributed by atoms with E-state index >= 15 is 0 Å². The second-order valence-corrected chi connectivity index (χ2v) is 8.11. The van der Waals surface area contributed by atoms with Crippen LogP contribution in [-0.4, -0.2) is 21.6 Å². The molecule has 1 aromatic carbocycles. The van der Waals surface area contributed by atoms with E-state index in [2.05, 4.69) is 0 Å². The molecule has 4 heteroatoms. The van der Waals surface area contributed by atoms with Gasteiger partial charge in [-0.25, -0.2) is 0 Å². The molecular formula is C18H25ClO3. The number of alkyl halides is 1. The van der Waals surface area contributed by atoms with Crippen molar-refractivity contribution in [3.05, 3.63) is 35.9 Å². The first-order valence-electron chi connectivity index (χ1n) is 7.75. The normalized spacial score (nSPS) is 32.0. The zero-order chi connectivity index (χ0) is 16.5. The molecule has 2 rings (SSSR count). The summed E-state index contributed by atoms with van der Waals surface area (Å²) in [6, 6.07) is 9.59. The molecule has 0 aliphatic heterocycles. The molecule has 3 nitrogen and oxygen atoms in total. The van der Waals surface area contributed by atoms with Crippen LogP contribution in [0.15, 0.2) is 30.3 Å². The van der Waals surface area contributed by atoms with Crippen molar-refractivity contribution in [1.82, 2.24) is 0 Å². The van der Waals surface area contributed by atoms with Crippen molar-refractivity contribution >= 4 is 17.6 Å². The SMILES string of the molecule is C[C@@H]1[C@@H](C(=O)OCc2ccccc2)[C@H](C(C)(C)Cl)C[C@]1(C)O. The maximum Gasteiger partial charge on any atom is 0.309 e. The van der Waals surface area contributed by atoms with Crippen molar-refractivity contribution in [2.45, 2.75) is 51.2 Å². The molecule has 1 aromatic rings. The van der Waals surface area contributed by atoms with Gasteiger partial charge in [0.25, 0.3) is 0 Å². The first-order valence-corrected chi connectivity index (χ1v) is 8.12. The predicted octanol–water partition coefficient (Wildman–Crippen LogP) is 3.77. The Balaban J connectivity index is 2.11. The molecule has 0 saturated heterocycles. The van der Waals surface area contributed by atoms with Crippen LogP contribution in [-0.2, 0) is 16.1 Å². The largest absolute Gasteiger partial charge is 0.461 e. The van der Waals surface area contributed by atoms with Crippen LogP contribution < -0.4 is 0 Å². The van der Waals surface area contributed by atoms with Gasteiger partial charge in [-0.3, -0.25) is 4.79 Å². The van der Waals surface area contributed by atoms with Crippen LogP contribution in [0.4, 0.5) is 0 Å². The summed E-state index contributed by atoms with van der Waals surface area (Å²) in [5.74, 6) is -0.944. The van der Waals surface area contributed by atoms with Crippen LogP contribution in [0, 0.1) is 17.8 Å². The molecule has 4 atom stereocenters. The number of aliphatic hydroxyl groups is 1. The highest BCUT2D eigenvalue weighted by molar-refractivity contribution is 6.23. The van der Waals surface area contributed by atoms with Gasteiger partial charge in [-0.05, 0) is 44.6 Å². The van der Waals surface area contributed by atoms with E-state index in [4.69, 9.17) is 16.3 Å². The molecule has 0 bridgehead atoms. The van der Waals surface area contributed by atoms with E-state index in [1.54, 1.807) is 6.92 Å². The second-order valence-electron chi connectivity index (χ2n) is 7.14. The zero-order valence-electron chi connectivity index (χ0n) is 13.7. The highest BCUT2D eigenvalue weighted by atomic mass is 35.5. The van der Waals surface area contributed by atoms with Gasteiger partial charge >= 0.3 is 5.97 Å². The Morgan fingerprint density at radius 2 is 2.00 bits per heavy atom. The molecule has 0 spiro atoms. The lowest BCUT2D eigenvalue weighted by Gasteiger charge is -2.30. The van der Waals surface area contributed by atoms with E-state index < -0.39 is 10.5 Å². The molecule has 1 fully saturated rings. The summed E-state index contributed by atoms with van der Waals surface area (Å²) >= 11 is 6.47. The van der Waals surface area contributed by atoms with Gasteiger partial charge in [-0.2, -0.15) is 0 Å². The van der Waals surface area contributed by atoms with Crippen molar-refractivity contribution in [2.24, 2.45) is 17.8 Å². The minimum atomic E-state index is -0.896. The summed E-state index contributed by atoms with van der Waals surface area (Å²) in [5, 5.41) is 10.5. The summed E-state index contributed by atoms with van der Waals surface area (Å²) in [4.78, 5) is 12.0. The molecule has 0 aromatic heterocycles. The Bertz CT molecular complexity index is 519. The summed E-state index contributed by atoms with van der Waals surface area (Å²) < 4.78 is 5.49. The zero-order valence-corrected chi connectivity index (χ0v) is 14.4. The van der Waals surface area contributed by atoms with E-state index in [1.165, 1.54) is 0 Å². The number of hydrogen-bond donors (Lipinski definition) is 1. The average Bonchev–Trinajstić information content (AvgIpc) is 2.68. The van der Waals surface area contributed by atoms with Gasteiger partial charge in [-0.1, -0.05) is 37.3 Å². The molecule has 0 amide bonds. The number of benzene rings is 1. The van der Waals surface area contributed by atoms with Crippen LogP contribution in [0.3, 0.4) is 0 Å². The van der Waals surface area contributed by atoms with Gasteiger partial charge in [0.2, 0.25) is 0 Å². The fraction of sp³-hybridized carbons (Fsp3) is 0.611. The minimum absolute atomic E-state index is 0.109. The van der Waals surface area contributed by atoms with E-state index in [0.717, 1.165) is 5.56 Å². The number of halogens is 1. The summed E-state index contributed by atoms with van der Waals surface area (Å²) in [6.07, 6.45) is 0.510. The Labute approximate surface area is 137 Å². The number of rotatable bonds is 4. The number of ether oxygens (including phenoxy) is 1. The van der Waals surface area contributed by atoms with Gasteiger partial charge in [-0.15, -0.1) is 11.6 Å². The first-order chi connectivity index (χ1) is 10.1.